The Kier molecular flexibility index (Phi) is 11.2. The number of ether oxygens (including phenoxy) is 2. The van der Waals surface area contributed by atoms with E-state index in [9.17, 15) is 19.2 Å². The van der Waals surface area contributed by atoms with E-state index in [0.717, 1.165) is 77.4 Å². The largest absolute Gasteiger partial charge is 0.453 e. The molecule has 3 aromatic carbocycles. The van der Waals surface area contributed by atoms with Crippen LogP contribution in [0.15, 0.2) is 91.3 Å². The van der Waals surface area contributed by atoms with Gasteiger partial charge in [0.2, 0.25) is 5.91 Å². The molecule has 3 fully saturated rings. The normalized spacial score (nSPS) is 20.7. The van der Waals surface area contributed by atoms with E-state index in [0.29, 0.717) is 12.1 Å². The van der Waals surface area contributed by atoms with Crippen molar-refractivity contribution in [3.8, 4) is 33.6 Å². The van der Waals surface area contributed by atoms with Gasteiger partial charge in [-0.15, -0.1) is 0 Å². The molecule has 8 rings (SSSR count). The summed E-state index contributed by atoms with van der Waals surface area (Å²) in [6.45, 7) is 4.39. The Balaban J connectivity index is 0.946. The van der Waals surface area contributed by atoms with Crippen molar-refractivity contribution in [2.45, 2.75) is 76.2 Å². The Labute approximate surface area is 343 Å². The molecule has 14 heteroatoms. The van der Waals surface area contributed by atoms with E-state index < -0.39 is 24.3 Å². The topological polar surface area (TPSA) is 175 Å². The zero-order valence-corrected chi connectivity index (χ0v) is 33.7. The zero-order valence-electron chi connectivity index (χ0n) is 33.7. The van der Waals surface area contributed by atoms with Gasteiger partial charge in [-0.1, -0.05) is 92.7 Å². The quantitative estimate of drug-likeness (QED) is 0.108. The van der Waals surface area contributed by atoms with Crippen LogP contribution in [0.3, 0.4) is 0 Å². The third kappa shape index (κ3) is 7.91. The number of amides is 4. The molecule has 5 aromatic rings. The highest BCUT2D eigenvalue weighted by atomic mass is 16.5. The van der Waals surface area contributed by atoms with Gasteiger partial charge >= 0.3 is 12.2 Å². The molecule has 59 heavy (non-hydrogen) atoms. The summed E-state index contributed by atoms with van der Waals surface area (Å²) in [5, 5.41) is 5.47. The number of hydrogen-bond acceptors (Lipinski definition) is 8. The van der Waals surface area contributed by atoms with Crippen LogP contribution >= 0.6 is 0 Å². The van der Waals surface area contributed by atoms with Gasteiger partial charge in [0, 0.05) is 12.6 Å². The van der Waals surface area contributed by atoms with Crippen LogP contribution in [-0.4, -0.2) is 86.6 Å². The molecular formula is C45H50N8O6. The lowest BCUT2D eigenvalue weighted by Crippen LogP contribution is -2.51. The van der Waals surface area contributed by atoms with Gasteiger partial charge in [-0.25, -0.2) is 19.6 Å². The summed E-state index contributed by atoms with van der Waals surface area (Å²) in [5.74, 6) is 1.33. The summed E-state index contributed by atoms with van der Waals surface area (Å²) in [6.07, 6.45) is 6.81. The van der Waals surface area contributed by atoms with E-state index >= 15 is 0 Å². The molecule has 306 valence electrons. The van der Waals surface area contributed by atoms with Gasteiger partial charge < -0.3 is 39.9 Å². The van der Waals surface area contributed by atoms with Gasteiger partial charge in [0.15, 0.2) is 0 Å². The molecule has 3 aliphatic rings. The number of aromatic amines is 2. The van der Waals surface area contributed by atoms with Gasteiger partial charge in [-0.3, -0.25) is 9.59 Å². The number of carbonyl (C=O) groups is 4. The van der Waals surface area contributed by atoms with Crippen molar-refractivity contribution in [1.29, 1.82) is 0 Å². The molecule has 2 saturated heterocycles. The maximum Gasteiger partial charge on any atom is 0.407 e. The molecule has 2 aromatic heterocycles. The maximum absolute atomic E-state index is 14.3. The van der Waals surface area contributed by atoms with Crippen molar-refractivity contribution in [3.63, 3.8) is 0 Å². The Morgan fingerprint density at radius 2 is 1.29 bits per heavy atom. The molecule has 14 nitrogen and oxygen atoms in total. The average Bonchev–Trinajstić information content (AvgIpc) is 4.13. The van der Waals surface area contributed by atoms with Crippen molar-refractivity contribution in [1.82, 2.24) is 40.4 Å². The predicted molar refractivity (Wildman–Crippen MR) is 220 cm³/mol. The van der Waals surface area contributed by atoms with Gasteiger partial charge in [0.05, 0.1) is 50.1 Å². The van der Waals surface area contributed by atoms with Gasteiger partial charge in [0.1, 0.15) is 23.7 Å². The molecule has 4 N–H and O–H groups in total. The van der Waals surface area contributed by atoms with Crippen LogP contribution < -0.4 is 10.6 Å². The third-order valence-corrected chi connectivity index (χ3v) is 12.1. The highest BCUT2D eigenvalue weighted by molar-refractivity contribution is 5.88. The smallest absolute Gasteiger partial charge is 0.407 e. The first kappa shape index (κ1) is 39.4. The lowest BCUT2D eigenvalue weighted by molar-refractivity contribution is -0.138. The van der Waals surface area contributed by atoms with E-state index in [-0.39, 0.29) is 41.8 Å². The Morgan fingerprint density at radius 3 is 1.90 bits per heavy atom. The molecule has 4 heterocycles. The molecule has 6 atom stereocenters. The molecule has 0 radical (unpaired) electrons. The molecule has 4 amide bonds. The van der Waals surface area contributed by atoms with Crippen LogP contribution in [-0.2, 0) is 19.1 Å². The lowest BCUT2D eigenvalue weighted by Gasteiger charge is -2.36. The Morgan fingerprint density at radius 1 is 0.712 bits per heavy atom. The first-order valence-electron chi connectivity index (χ1n) is 20.3. The van der Waals surface area contributed by atoms with Crippen molar-refractivity contribution in [2.75, 3.05) is 20.8 Å². The van der Waals surface area contributed by atoms with Gasteiger partial charge in [-0.2, -0.15) is 0 Å². The maximum atomic E-state index is 14.3. The number of aromatic nitrogens is 4. The Hall–Kier alpha value is -6.44. The second-order valence-electron chi connectivity index (χ2n) is 16.0. The van der Waals surface area contributed by atoms with Crippen molar-refractivity contribution < 1.29 is 28.7 Å². The first-order valence-corrected chi connectivity index (χ1v) is 20.3. The molecule has 1 saturated carbocycles. The van der Waals surface area contributed by atoms with Gasteiger partial charge in [0.25, 0.3) is 5.91 Å². The fraction of sp³-hybridized carbons (Fsp3) is 0.378. The number of benzene rings is 3. The minimum atomic E-state index is -0.875. The Bertz CT molecular complexity index is 2290. The monoisotopic (exact) mass is 798 g/mol. The van der Waals surface area contributed by atoms with Crippen LogP contribution in [0.5, 0.6) is 0 Å². The van der Waals surface area contributed by atoms with Crippen LogP contribution in [0.4, 0.5) is 9.59 Å². The molecule has 0 spiro atoms. The van der Waals surface area contributed by atoms with Crippen LogP contribution in [0, 0.1) is 11.8 Å². The third-order valence-electron chi connectivity index (χ3n) is 12.1. The highest BCUT2D eigenvalue weighted by Gasteiger charge is 2.51. The van der Waals surface area contributed by atoms with Crippen molar-refractivity contribution in [2.24, 2.45) is 11.8 Å². The summed E-state index contributed by atoms with van der Waals surface area (Å²) in [5.41, 5.74) is 6.48. The minimum absolute atomic E-state index is 0.0758. The lowest BCUT2D eigenvalue weighted by atomic mass is 9.96. The average molecular weight is 799 g/mol. The molecular weight excluding hydrogens is 749 g/mol. The standard InChI is InChI=1S/C45H50N8O6/c1-26(2)37(50-44(56)58-3)42(54)52-22-8-11-36(52)40-46-24-34(48-40)29-16-12-27(13-17-29)28-14-18-30(19-15-28)35-25-47-41(49-35)39-32-20-21-33(23-32)53(39)43(55)38(51-45(57)59-4)31-9-6-5-7-10-31/h5-7,9-10,12-19,24-26,32-33,36-39H,8,11,20-23H2,1-4H3,(H,46,48)(H,47,49)(H,50,56)(H,51,57)/t32?,33?,36-,37-,38?,39?/m0/s1. The van der Waals surface area contributed by atoms with Crippen LogP contribution in [0.2, 0.25) is 0 Å². The van der Waals surface area contributed by atoms with E-state index in [1.165, 1.54) is 14.2 Å². The SMILES string of the molecule is COC(=O)NC(C(=O)N1C2CCC(C2)C1c1ncc(-c2ccc(-c3ccc(-c4cnc([C@@H]5CCCN5C(=O)[C@@H](NC(=O)OC)C(C)C)[nH]4)cc3)cc2)[nH]1)c1ccccc1. The van der Waals surface area contributed by atoms with Crippen LogP contribution in [0.1, 0.15) is 81.3 Å². The number of fused-ring (bicyclic) bond motifs is 2. The number of likely N-dealkylation sites (tertiary alicyclic amines) is 2. The number of carbonyl (C=O) groups excluding carboxylic acids is 4. The fourth-order valence-corrected chi connectivity index (χ4v) is 9.08. The summed E-state index contributed by atoms with van der Waals surface area (Å²) >= 11 is 0. The van der Waals surface area contributed by atoms with E-state index in [2.05, 4.69) is 74.1 Å². The second-order valence-corrected chi connectivity index (χ2v) is 16.0. The summed E-state index contributed by atoms with van der Waals surface area (Å²) < 4.78 is 9.65. The number of imidazole rings is 2. The van der Waals surface area contributed by atoms with Gasteiger partial charge in [-0.05, 0) is 71.8 Å². The molecule has 1 aliphatic carbocycles. The number of alkyl carbamates (subject to hydrolysis) is 2. The van der Waals surface area contributed by atoms with Crippen molar-refractivity contribution >= 4 is 24.0 Å². The van der Waals surface area contributed by atoms with Crippen molar-refractivity contribution in [3.05, 3.63) is 108 Å². The van der Waals surface area contributed by atoms with E-state index in [1.807, 2.05) is 60.2 Å². The number of piperidine rings is 1. The number of methoxy groups -OCH3 is 2. The number of nitrogens with zero attached hydrogens (tertiary/aromatic N) is 4. The van der Waals surface area contributed by atoms with E-state index in [1.54, 1.807) is 6.20 Å². The summed E-state index contributed by atoms with van der Waals surface area (Å²) in [6, 6.07) is 23.9. The summed E-state index contributed by atoms with van der Waals surface area (Å²) in [4.78, 5) is 72.4. The summed E-state index contributed by atoms with van der Waals surface area (Å²) in [7, 11) is 2.58. The predicted octanol–water partition coefficient (Wildman–Crippen LogP) is 7.33. The highest BCUT2D eigenvalue weighted by Crippen LogP contribution is 2.50. The number of hydrogen-bond donors (Lipinski definition) is 4. The second kappa shape index (κ2) is 16.8. The van der Waals surface area contributed by atoms with Crippen LogP contribution in [0.25, 0.3) is 33.6 Å². The minimum Gasteiger partial charge on any atom is -0.453 e. The zero-order chi connectivity index (χ0) is 41.2. The van der Waals surface area contributed by atoms with E-state index in [4.69, 9.17) is 14.5 Å². The first-order chi connectivity index (χ1) is 28.6. The number of H-pyrrole nitrogens is 2. The number of nitrogens with one attached hydrogen (secondary N) is 4. The fourth-order valence-electron chi connectivity index (χ4n) is 9.08. The molecule has 4 unspecified atom stereocenters. The molecule has 2 bridgehead atoms. The molecule has 2 aliphatic heterocycles. The number of rotatable bonds is 11.